The molecule has 0 radical (unpaired) electrons. The van der Waals surface area contributed by atoms with Crippen molar-refractivity contribution >= 4 is 5.97 Å². The third-order valence-electron chi connectivity index (χ3n) is 6.80. The SMILES string of the molecule is CCCCCCCc1ccc(OC(=O)c2ccc(-c3ccc(OCCCCCC)cc3)cc2)c(C#N)c1C#N. The largest absolute Gasteiger partial charge is 0.494 e. The summed E-state index contributed by atoms with van der Waals surface area (Å²) < 4.78 is 11.4. The molecule has 3 rings (SSSR count). The molecule has 39 heavy (non-hydrogen) atoms. The van der Waals surface area contributed by atoms with Crippen LogP contribution in [0.15, 0.2) is 60.7 Å². The van der Waals surface area contributed by atoms with E-state index in [1.165, 1.54) is 32.1 Å². The summed E-state index contributed by atoms with van der Waals surface area (Å²) >= 11 is 0. The molecule has 0 saturated heterocycles. The summed E-state index contributed by atoms with van der Waals surface area (Å²) in [6, 6.07) is 22.7. The molecule has 5 heteroatoms. The predicted molar refractivity (Wildman–Crippen MR) is 155 cm³/mol. The highest BCUT2D eigenvalue weighted by Crippen LogP contribution is 2.28. The normalized spacial score (nSPS) is 10.5. The lowest BCUT2D eigenvalue weighted by molar-refractivity contribution is 0.0734. The molecular weight excluding hydrogens is 484 g/mol. The van der Waals surface area contributed by atoms with Gasteiger partial charge in [-0.1, -0.05) is 89.1 Å². The van der Waals surface area contributed by atoms with E-state index in [1.807, 2.05) is 36.4 Å². The van der Waals surface area contributed by atoms with Crippen molar-refractivity contribution in [3.8, 4) is 34.8 Å². The second-order valence-corrected chi connectivity index (χ2v) is 9.76. The highest BCUT2D eigenvalue weighted by atomic mass is 16.5. The van der Waals surface area contributed by atoms with Gasteiger partial charge >= 0.3 is 5.97 Å². The average Bonchev–Trinajstić information content (AvgIpc) is 2.97. The van der Waals surface area contributed by atoms with E-state index >= 15 is 0 Å². The number of esters is 1. The van der Waals surface area contributed by atoms with Gasteiger partial charge in [-0.05, 0) is 66.3 Å². The molecule has 3 aromatic rings. The molecule has 202 valence electrons. The maximum atomic E-state index is 12.9. The van der Waals surface area contributed by atoms with Crippen molar-refractivity contribution in [1.82, 2.24) is 0 Å². The molecule has 0 aliphatic carbocycles. The topological polar surface area (TPSA) is 83.1 Å². The van der Waals surface area contributed by atoms with Gasteiger partial charge in [0.25, 0.3) is 0 Å². The minimum absolute atomic E-state index is 0.112. The fraction of sp³-hybridized carbons (Fsp3) is 0.382. The molecule has 0 unspecified atom stereocenters. The molecule has 3 aromatic carbocycles. The zero-order valence-corrected chi connectivity index (χ0v) is 23.2. The number of nitriles is 2. The van der Waals surface area contributed by atoms with E-state index < -0.39 is 5.97 Å². The van der Waals surface area contributed by atoms with Gasteiger partial charge in [0.05, 0.1) is 17.7 Å². The van der Waals surface area contributed by atoms with Crippen LogP contribution < -0.4 is 9.47 Å². The Hall–Kier alpha value is -4.09. The summed E-state index contributed by atoms with van der Waals surface area (Å²) in [5, 5.41) is 19.5. The molecule has 0 aliphatic rings. The van der Waals surface area contributed by atoms with Crippen molar-refractivity contribution in [1.29, 1.82) is 10.5 Å². The van der Waals surface area contributed by atoms with Crippen LogP contribution in [-0.2, 0) is 6.42 Å². The lowest BCUT2D eigenvalue weighted by Gasteiger charge is -2.11. The van der Waals surface area contributed by atoms with Crippen molar-refractivity contribution in [3.63, 3.8) is 0 Å². The maximum absolute atomic E-state index is 12.9. The Bertz CT molecular complexity index is 1280. The number of rotatable bonds is 15. The quantitative estimate of drug-likeness (QED) is 0.113. The van der Waals surface area contributed by atoms with Gasteiger partial charge in [0.2, 0.25) is 0 Å². The maximum Gasteiger partial charge on any atom is 0.343 e. The molecule has 5 nitrogen and oxygen atoms in total. The predicted octanol–water partition coefficient (Wildman–Crippen LogP) is 8.79. The third-order valence-corrected chi connectivity index (χ3v) is 6.80. The molecule has 0 amide bonds. The number of ether oxygens (including phenoxy) is 2. The minimum atomic E-state index is -0.568. The molecular formula is C34H38N2O3. The lowest BCUT2D eigenvalue weighted by Crippen LogP contribution is -2.10. The van der Waals surface area contributed by atoms with Gasteiger partial charge in [-0.25, -0.2) is 4.79 Å². The first-order chi connectivity index (χ1) is 19.1. The molecule has 0 saturated carbocycles. The van der Waals surface area contributed by atoms with E-state index in [1.54, 1.807) is 24.3 Å². The number of benzene rings is 3. The van der Waals surface area contributed by atoms with Gasteiger partial charge in [0.15, 0.2) is 0 Å². The van der Waals surface area contributed by atoms with E-state index in [0.29, 0.717) is 11.1 Å². The average molecular weight is 523 g/mol. The molecule has 0 aliphatic heterocycles. The number of hydrogen-bond acceptors (Lipinski definition) is 5. The van der Waals surface area contributed by atoms with Crippen LogP contribution in [0.4, 0.5) is 0 Å². The fourth-order valence-corrected chi connectivity index (χ4v) is 4.50. The smallest absolute Gasteiger partial charge is 0.343 e. The van der Waals surface area contributed by atoms with Crippen molar-refractivity contribution in [2.75, 3.05) is 6.61 Å². The second-order valence-electron chi connectivity index (χ2n) is 9.76. The Balaban J connectivity index is 1.63. The summed E-state index contributed by atoms with van der Waals surface area (Å²) in [6.45, 7) is 5.09. The first-order valence-corrected chi connectivity index (χ1v) is 14.1. The Morgan fingerprint density at radius 2 is 1.28 bits per heavy atom. The van der Waals surface area contributed by atoms with Crippen LogP contribution in [0.5, 0.6) is 11.5 Å². The lowest BCUT2D eigenvalue weighted by atomic mass is 9.97. The van der Waals surface area contributed by atoms with E-state index in [-0.39, 0.29) is 11.3 Å². The first-order valence-electron chi connectivity index (χ1n) is 14.1. The molecule has 0 heterocycles. The van der Waals surface area contributed by atoms with Crippen LogP contribution in [0.1, 0.15) is 98.7 Å². The third kappa shape index (κ3) is 8.72. The van der Waals surface area contributed by atoms with E-state index in [0.717, 1.165) is 61.2 Å². The Morgan fingerprint density at radius 1 is 0.692 bits per heavy atom. The van der Waals surface area contributed by atoms with E-state index in [2.05, 4.69) is 26.0 Å². The number of nitrogens with zero attached hydrogens (tertiary/aromatic N) is 2. The van der Waals surface area contributed by atoms with Gasteiger partial charge in [-0.15, -0.1) is 0 Å². The molecule has 0 atom stereocenters. The molecule has 0 spiro atoms. The number of carbonyl (C=O) groups is 1. The van der Waals surface area contributed by atoms with Crippen LogP contribution in [0.3, 0.4) is 0 Å². The highest BCUT2D eigenvalue weighted by Gasteiger charge is 2.18. The van der Waals surface area contributed by atoms with Gasteiger partial charge in [0.1, 0.15) is 29.2 Å². The highest BCUT2D eigenvalue weighted by molar-refractivity contribution is 5.92. The van der Waals surface area contributed by atoms with Crippen LogP contribution in [0.25, 0.3) is 11.1 Å². The van der Waals surface area contributed by atoms with Gasteiger partial charge < -0.3 is 9.47 Å². The van der Waals surface area contributed by atoms with Gasteiger partial charge in [-0.2, -0.15) is 10.5 Å². The van der Waals surface area contributed by atoms with Crippen molar-refractivity contribution in [2.45, 2.75) is 78.1 Å². The van der Waals surface area contributed by atoms with Crippen molar-refractivity contribution < 1.29 is 14.3 Å². The molecule has 0 fully saturated rings. The van der Waals surface area contributed by atoms with Gasteiger partial charge in [-0.3, -0.25) is 0 Å². The summed E-state index contributed by atoms with van der Waals surface area (Å²) in [6.07, 6.45) is 11.0. The van der Waals surface area contributed by atoms with Crippen LogP contribution in [0.2, 0.25) is 0 Å². The van der Waals surface area contributed by atoms with Crippen LogP contribution >= 0.6 is 0 Å². The van der Waals surface area contributed by atoms with E-state index in [9.17, 15) is 15.3 Å². The molecule has 0 aromatic heterocycles. The van der Waals surface area contributed by atoms with Crippen LogP contribution in [0, 0.1) is 22.7 Å². The number of unbranched alkanes of at least 4 members (excludes halogenated alkanes) is 7. The number of aryl methyl sites for hydroxylation is 1. The zero-order chi connectivity index (χ0) is 27.9. The standard InChI is InChI=1S/C34H38N2O3/c1-3-5-7-9-10-12-28-19-22-33(32(25-36)31(28)24-35)39-34(37)29-15-13-26(14-16-29)27-17-20-30(21-18-27)38-23-11-8-6-4-2/h13-22H,3-12,23H2,1-2H3. The minimum Gasteiger partial charge on any atom is -0.494 e. The Kier molecular flexibility index (Phi) is 12.1. The first kappa shape index (κ1) is 29.5. The summed E-state index contributed by atoms with van der Waals surface area (Å²) in [4.78, 5) is 12.9. The zero-order valence-electron chi connectivity index (χ0n) is 23.2. The van der Waals surface area contributed by atoms with Crippen molar-refractivity contribution in [3.05, 3.63) is 82.9 Å². The molecule has 0 bridgehead atoms. The Morgan fingerprint density at radius 3 is 1.90 bits per heavy atom. The number of hydrogen-bond donors (Lipinski definition) is 0. The van der Waals surface area contributed by atoms with Gasteiger partial charge in [0, 0.05) is 0 Å². The second kappa shape index (κ2) is 16.0. The molecule has 0 N–H and O–H groups in total. The van der Waals surface area contributed by atoms with E-state index in [4.69, 9.17) is 9.47 Å². The summed E-state index contributed by atoms with van der Waals surface area (Å²) in [5.41, 5.74) is 3.58. The Labute approximate surface area is 233 Å². The fourth-order valence-electron chi connectivity index (χ4n) is 4.50. The van der Waals surface area contributed by atoms with Crippen LogP contribution in [-0.4, -0.2) is 12.6 Å². The summed E-state index contributed by atoms with van der Waals surface area (Å²) in [7, 11) is 0. The summed E-state index contributed by atoms with van der Waals surface area (Å²) in [5.74, 6) is 0.396. The van der Waals surface area contributed by atoms with Crippen molar-refractivity contribution in [2.24, 2.45) is 0 Å². The number of carbonyl (C=O) groups excluding carboxylic acids is 1. The monoisotopic (exact) mass is 522 g/mol.